The Morgan fingerprint density at radius 2 is 2.64 bits per heavy atom. The third kappa shape index (κ3) is 1.04. The molecule has 0 aliphatic heterocycles. The van der Waals surface area contributed by atoms with Crippen molar-refractivity contribution in [3.8, 4) is 0 Å². The van der Waals surface area contributed by atoms with Crippen LogP contribution in [0, 0.1) is 0 Å². The van der Waals surface area contributed by atoms with Gasteiger partial charge in [0.1, 0.15) is 16.9 Å². The van der Waals surface area contributed by atoms with E-state index in [0.717, 1.165) is 5.69 Å². The Morgan fingerprint density at radius 3 is 3.45 bits per heavy atom. The van der Waals surface area contributed by atoms with E-state index >= 15 is 0 Å². The molecule has 0 spiro atoms. The van der Waals surface area contributed by atoms with Gasteiger partial charge >= 0.3 is 0 Å². The minimum Gasteiger partial charge on any atom is -0.378 e. The van der Waals surface area contributed by atoms with Crippen molar-refractivity contribution in [2.75, 3.05) is 7.11 Å². The van der Waals surface area contributed by atoms with Crippen LogP contribution in [0.1, 0.15) is 5.69 Å². The van der Waals surface area contributed by atoms with Crippen molar-refractivity contribution in [3.05, 3.63) is 23.6 Å². The van der Waals surface area contributed by atoms with Gasteiger partial charge in [-0.15, -0.1) is 11.3 Å². The van der Waals surface area contributed by atoms with E-state index in [-0.39, 0.29) is 0 Å². The Hall–Kier alpha value is -0.870. The maximum atomic E-state index is 4.99. The number of ether oxygens (including phenoxy) is 1. The lowest BCUT2D eigenvalue weighted by atomic mass is 10.5. The van der Waals surface area contributed by atoms with Crippen LogP contribution in [0.25, 0.3) is 4.83 Å². The molecule has 4 heteroatoms. The van der Waals surface area contributed by atoms with Gasteiger partial charge in [0.25, 0.3) is 0 Å². The van der Waals surface area contributed by atoms with Gasteiger partial charge in [0.15, 0.2) is 0 Å². The molecule has 2 aromatic heterocycles. The number of nitrogens with zero attached hydrogens (tertiary/aromatic N) is 2. The zero-order valence-electron chi connectivity index (χ0n) is 6.15. The highest BCUT2D eigenvalue weighted by Gasteiger charge is 2.03. The fourth-order valence-corrected chi connectivity index (χ4v) is 1.82. The summed E-state index contributed by atoms with van der Waals surface area (Å²) in [7, 11) is 1.68. The first kappa shape index (κ1) is 6.82. The van der Waals surface area contributed by atoms with Gasteiger partial charge in [-0.1, -0.05) is 0 Å². The largest absolute Gasteiger partial charge is 0.378 e. The minimum absolute atomic E-state index is 0.594. The van der Waals surface area contributed by atoms with Crippen LogP contribution in [0.15, 0.2) is 17.9 Å². The lowest BCUT2D eigenvalue weighted by Crippen LogP contribution is -1.86. The van der Waals surface area contributed by atoms with Gasteiger partial charge < -0.3 is 4.74 Å². The number of hydrogen-bond acceptors (Lipinski definition) is 3. The first-order valence-corrected chi connectivity index (χ1v) is 4.18. The lowest BCUT2D eigenvalue weighted by molar-refractivity contribution is 0.183. The molecule has 0 amide bonds. The summed E-state index contributed by atoms with van der Waals surface area (Å²) in [5.41, 5.74) is 1.02. The predicted octanol–water partition coefficient (Wildman–Crippen LogP) is 1.54. The third-order valence-electron chi connectivity index (χ3n) is 1.50. The molecule has 0 radical (unpaired) electrons. The lowest BCUT2D eigenvalue weighted by Gasteiger charge is -1.90. The Kier molecular flexibility index (Phi) is 1.63. The van der Waals surface area contributed by atoms with Crippen molar-refractivity contribution in [3.63, 3.8) is 0 Å². The van der Waals surface area contributed by atoms with Gasteiger partial charge in [0.2, 0.25) is 0 Å². The fourth-order valence-electron chi connectivity index (χ4n) is 1.02. The zero-order valence-corrected chi connectivity index (χ0v) is 6.97. The van der Waals surface area contributed by atoms with Crippen LogP contribution >= 0.6 is 11.3 Å². The molecule has 0 N–H and O–H groups in total. The maximum Gasteiger partial charge on any atom is 0.125 e. The topological polar surface area (TPSA) is 26.5 Å². The van der Waals surface area contributed by atoms with Crippen molar-refractivity contribution < 1.29 is 4.74 Å². The second-order valence-corrected chi connectivity index (χ2v) is 3.13. The number of aromatic nitrogens is 2. The second kappa shape index (κ2) is 2.64. The van der Waals surface area contributed by atoms with Gasteiger partial charge in [-0.25, -0.2) is 4.98 Å². The molecule has 0 saturated carbocycles. The van der Waals surface area contributed by atoms with Crippen LogP contribution in [0.4, 0.5) is 0 Å². The molecule has 0 unspecified atom stereocenters. The normalized spacial score (nSPS) is 11.0. The highest BCUT2D eigenvalue weighted by atomic mass is 32.1. The molecule has 0 fully saturated rings. The van der Waals surface area contributed by atoms with Crippen LogP contribution in [0.2, 0.25) is 0 Å². The highest BCUT2D eigenvalue weighted by molar-refractivity contribution is 7.15. The molecule has 0 bridgehead atoms. The summed E-state index contributed by atoms with van der Waals surface area (Å²) in [6, 6.07) is 0. The van der Waals surface area contributed by atoms with Crippen LogP contribution in [0.3, 0.4) is 0 Å². The quantitative estimate of drug-likeness (QED) is 0.680. The summed E-state index contributed by atoms with van der Waals surface area (Å²) in [4.78, 5) is 5.37. The van der Waals surface area contributed by atoms with E-state index in [1.807, 2.05) is 16.0 Å². The molecule has 0 aromatic carbocycles. The van der Waals surface area contributed by atoms with Crippen molar-refractivity contribution in [2.45, 2.75) is 6.61 Å². The van der Waals surface area contributed by atoms with E-state index in [9.17, 15) is 0 Å². The third-order valence-corrected chi connectivity index (χ3v) is 2.43. The molecule has 2 heterocycles. The van der Waals surface area contributed by atoms with E-state index < -0.39 is 0 Å². The van der Waals surface area contributed by atoms with Crippen molar-refractivity contribution in [2.24, 2.45) is 0 Å². The highest BCUT2D eigenvalue weighted by Crippen LogP contribution is 2.15. The van der Waals surface area contributed by atoms with E-state index in [0.29, 0.717) is 6.61 Å². The Bertz CT molecular complexity index is 352. The smallest absolute Gasteiger partial charge is 0.125 e. The second-order valence-electron chi connectivity index (χ2n) is 2.24. The molecule has 0 aliphatic carbocycles. The molecule has 58 valence electrons. The molecular formula is C7H8N2OS. The molecule has 0 aliphatic rings. The summed E-state index contributed by atoms with van der Waals surface area (Å²) in [5, 5.41) is 2.04. The first-order chi connectivity index (χ1) is 5.42. The number of fused-ring (bicyclic) bond motifs is 1. The van der Waals surface area contributed by atoms with Gasteiger partial charge in [0, 0.05) is 18.7 Å². The van der Waals surface area contributed by atoms with Crippen LogP contribution in [-0.4, -0.2) is 16.5 Å². The SMILES string of the molecule is COCc1ncn2ccsc12. The molecule has 11 heavy (non-hydrogen) atoms. The Balaban J connectivity index is 2.51. The summed E-state index contributed by atoms with van der Waals surface area (Å²) < 4.78 is 6.99. The fraction of sp³-hybridized carbons (Fsp3) is 0.286. The predicted molar refractivity (Wildman–Crippen MR) is 43.8 cm³/mol. The number of hydrogen-bond donors (Lipinski definition) is 0. The van der Waals surface area contributed by atoms with Gasteiger partial charge in [-0.05, 0) is 0 Å². The number of methoxy groups -OCH3 is 1. The molecular weight excluding hydrogens is 160 g/mol. The number of rotatable bonds is 2. The van der Waals surface area contributed by atoms with E-state index in [1.54, 1.807) is 24.8 Å². The average molecular weight is 168 g/mol. The summed E-state index contributed by atoms with van der Waals surface area (Å²) >= 11 is 1.68. The van der Waals surface area contributed by atoms with Crippen molar-refractivity contribution in [1.82, 2.24) is 9.38 Å². The van der Waals surface area contributed by atoms with Crippen molar-refractivity contribution >= 4 is 16.2 Å². The van der Waals surface area contributed by atoms with E-state index in [2.05, 4.69) is 4.98 Å². The monoisotopic (exact) mass is 168 g/mol. The Morgan fingerprint density at radius 1 is 1.73 bits per heavy atom. The maximum absolute atomic E-state index is 4.99. The summed E-state index contributed by atoms with van der Waals surface area (Å²) in [6.45, 7) is 0.594. The average Bonchev–Trinajstić information content (AvgIpc) is 2.53. The minimum atomic E-state index is 0.594. The Labute approximate surface area is 68.3 Å². The summed E-state index contributed by atoms with van der Waals surface area (Å²) in [6.07, 6.45) is 3.80. The first-order valence-electron chi connectivity index (χ1n) is 3.30. The molecule has 3 nitrogen and oxygen atoms in total. The molecule has 0 atom stereocenters. The zero-order chi connectivity index (χ0) is 7.68. The standard InChI is InChI=1S/C7H8N2OS/c1-10-4-6-7-9(5-8-6)2-3-11-7/h2-3,5H,4H2,1H3. The van der Waals surface area contributed by atoms with E-state index in [1.165, 1.54) is 4.83 Å². The van der Waals surface area contributed by atoms with Crippen LogP contribution < -0.4 is 0 Å². The van der Waals surface area contributed by atoms with Crippen LogP contribution in [-0.2, 0) is 11.3 Å². The van der Waals surface area contributed by atoms with Crippen LogP contribution in [0.5, 0.6) is 0 Å². The number of imidazole rings is 1. The molecule has 0 saturated heterocycles. The number of thiazole rings is 1. The van der Waals surface area contributed by atoms with Gasteiger partial charge in [-0.3, -0.25) is 4.40 Å². The summed E-state index contributed by atoms with van der Waals surface area (Å²) in [5.74, 6) is 0. The molecule has 2 rings (SSSR count). The van der Waals surface area contributed by atoms with Gasteiger partial charge in [-0.2, -0.15) is 0 Å². The van der Waals surface area contributed by atoms with Crippen molar-refractivity contribution in [1.29, 1.82) is 0 Å². The van der Waals surface area contributed by atoms with Gasteiger partial charge in [0.05, 0.1) is 6.61 Å². The molecule has 2 aromatic rings. The van der Waals surface area contributed by atoms with E-state index in [4.69, 9.17) is 4.74 Å².